The molecule has 0 aliphatic carbocycles. The number of halogens is 3. The fourth-order valence-electron chi connectivity index (χ4n) is 6.00. The molecule has 0 spiro atoms. The van der Waals surface area contributed by atoms with Crippen LogP contribution in [0.3, 0.4) is 0 Å². The van der Waals surface area contributed by atoms with E-state index in [0.717, 1.165) is 27.3 Å². The van der Waals surface area contributed by atoms with E-state index in [4.69, 9.17) is 16.3 Å². The molecule has 6 rings (SSSR count). The second-order valence-corrected chi connectivity index (χ2v) is 14.1. The summed E-state index contributed by atoms with van der Waals surface area (Å²) in [4.78, 5) is 31.3. The van der Waals surface area contributed by atoms with E-state index in [2.05, 4.69) is 15.4 Å². The molecule has 0 saturated carbocycles. The van der Waals surface area contributed by atoms with Gasteiger partial charge in [0.05, 0.1) is 70.1 Å². The molecule has 1 atom stereocenters. The van der Waals surface area contributed by atoms with Crippen LogP contribution in [0.5, 0.6) is 5.75 Å². The van der Waals surface area contributed by atoms with Crippen LogP contribution in [-0.4, -0.2) is 52.3 Å². The number of ether oxygens (including phenoxy) is 1. The van der Waals surface area contributed by atoms with Crippen molar-refractivity contribution >= 4 is 55.3 Å². The van der Waals surface area contributed by atoms with Gasteiger partial charge in [-0.15, -0.1) is 0 Å². The van der Waals surface area contributed by atoms with Crippen molar-refractivity contribution in [3.63, 3.8) is 0 Å². The highest BCUT2D eigenvalue weighted by Crippen LogP contribution is 2.38. The fourth-order valence-corrected chi connectivity index (χ4v) is 7.06. The molecule has 4 aromatic carbocycles. The van der Waals surface area contributed by atoms with Crippen LogP contribution in [0.15, 0.2) is 77.6 Å². The topological polar surface area (TPSA) is 172 Å². The zero-order valence-electron chi connectivity index (χ0n) is 27.6. The molecule has 2 heterocycles. The molecule has 0 aliphatic rings. The van der Waals surface area contributed by atoms with Crippen LogP contribution in [0.2, 0.25) is 5.02 Å². The van der Waals surface area contributed by atoms with E-state index >= 15 is 0 Å². The first-order valence-electron chi connectivity index (χ1n) is 15.4. The van der Waals surface area contributed by atoms with Gasteiger partial charge in [-0.1, -0.05) is 23.7 Å². The Balaban J connectivity index is 1.64. The quantitative estimate of drug-likeness (QED) is 0.181. The van der Waals surface area contributed by atoms with Gasteiger partial charge in [-0.3, -0.25) is 14.0 Å². The molecule has 1 unspecified atom stereocenters. The Morgan fingerprint density at radius 1 is 1.08 bits per heavy atom. The molecule has 0 saturated heterocycles. The highest BCUT2D eigenvalue weighted by molar-refractivity contribution is 7.92. The highest BCUT2D eigenvalue weighted by Gasteiger charge is 2.30. The zero-order valence-corrected chi connectivity index (χ0v) is 29.2. The number of anilines is 1. The predicted octanol–water partition coefficient (Wildman–Crippen LogP) is 5.60. The Hall–Kier alpha value is -6.05. The van der Waals surface area contributed by atoms with Gasteiger partial charge in [0.15, 0.2) is 5.82 Å². The minimum atomic E-state index is -4.00. The Morgan fingerprint density at radius 3 is 2.38 bits per heavy atom. The second kappa shape index (κ2) is 13.9. The van der Waals surface area contributed by atoms with Gasteiger partial charge in [0.1, 0.15) is 23.2 Å². The summed E-state index contributed by atoms with van der Waals surface area (Å²) in [5.41, 5.74) is 0.431. The summed E-state index contributed by atoms with van der Waals surface area (Å²) in [7, 11) is -0.982. The summed E-state index contributed by atoms with van der Waals surface area (Å²) < 4.78 is 63.9. The fraction of sp³-hybridized carbons (Fsp3) is 0.171. The number of carbonyl (C=O) groups is 1. The number of nitrogens with one attached hydrogen (secondary N) is 1. The molecule has 6 aromatic rings. The summed E-state index contributed by atoms with van der Waals surface area (Å²) in [5.74, 6) is -1.50. The van der Waals surface area contributed by atoms with Gasteiger partial charge >= 0.3 is 6.09 Å². The number of fused-ring (bicyclic) bond motifs is 2. The number of aryl methyl sites for hydroxylation is 1. The van der Waals surface area contributed by atoms with Gasteiger partial charge in [0.25, 0.3) is 5.56 Å². The van der Waals surface area contributed by atoms with E-state index in [-0.39, 0.29) is 68.3 Å². The van der Waals surface area contributed by atoms with Gasteiger partial charge in [-0.25, -0.2) is 31.3 Å². The van der Waals surface area contributed by atoms with Crippen LogP contribution >= 0.6 is 11.6 Å². The lowest BCUT2D eigenvalue weighted by Crippen LogP contribution is -2.35. The van der Waals surface area contributed by atoms with E-state index in [0.29, 0.717) is 17.4 Å². The lowest BCUT2D eigenvalue weighted by molar-refractivity contribution is 0.189. The average Bonchev–Trinajstić information content (AvgIpc) is 3.43. The van der Waals surface area contributed by atoms with Crippen molar-refractivity contribution in [2.24, 2.45) is 7.05 Å². The number of nitrogens with zero attached hydrogens (tertiary/aromatic N) is 6. The highest BCUT2D eigenvalue weighted by atomic mass is 35.5. The van der Waals surface area contributed by atoms with E-state index in [1.807, 2.05) is 6.07 Å². The molecule has 0 bridgehead atoms. The number of hydrogen-bond donors (Lipinski definition) is 2. The molecule has 13 nitrogen and oxygen atoms in total. The number of carboxylic acid groups (broad SMARTS) is 1. The largest absolute Gasteiger partial charge is 0.497 e. The van der Waals surface area contributed by atoms with Crippen LogP contribution in [0, 0.1) is 23.0 Å². The van der Waals surface area contributed by atoms with Crippen LogP contribution in [0.1, 0.15) is 28.6 Å². The Labute approximate surface area is 299 Å². The number of benzene rings is 4. The molecule has 1 amide bonds. The van der Waals surface area contributed by atoms with Crippen LogP contribution < -0.4 is 19.9 Å². The number of nitriles is 1. The third-order valence-electron chi connectivity index (χ3n) is 8.26. The van der Waals surface area contributed by atoms with Crippen molar-refractivity contribution in [3.8, 4) is 17.5 Å². The molecular weight excluding hydrogens is 720 g/mol. The maximum Gasteiger partial charge on any atom is 0.405 e. The average molecular weight is 748 g/mol. The van der Waals surface area contributed by atoms with Crippen LogP contribution in [0.4, 0.5) is 19.4 Å². The van der Waals surface area contributed by atoms with Gasteiger partial charge in [0.2, 0.25) is 10.0 Å². The third-order valence-corrected chi connectivity index (χ3v) is 9.67. The number of hydrogen-bond acceptors (Lipinski definition) is 8. The first-order chi connectivity index (χ1) is 24.7. The predicted molar refractivity (Wildman–Crippen MR) is 189 cm³/mol. The molecule has 2 aromatic heterocycles. The van der Waals surface area contributed by atoms with Crippen molar-refractivity contribution in [2.45, 2.75) is 19.0 Å². The van der Waals surface area contributed by atoms with E-state index in [9.17, 15) is 37.2 Å². The van der Waals surface area contributed by atoms with Crippen molar-refractivity contribution in [1.29, 1.82) is 5.26 Å². The third kappa shape index (κ3) is 6.96. The van der Waals surface area contributed by atoms with E-state index in [1.165, 1.54) is 49.2 Å². The van der Waals surface area contributed by atoms with Gasteiger partial charge < -0.3 is 15.2 Å². The molecule has 2 N–H and O–H groups in total. The second-order valence-electron chi connectivity index (χ2n) is 11.8. The Kier molecular flexibility index (Phi) is 9.58. The molecule has 266 valence electrons. The monoisotopic (exact) mass is 747 g/mol. The summed E-state index contributed by atoms with van der Waals surface area (Å²) in [6, 6.07) is 17.1. The van der Waals surface area contributed by atoms with Crippen molar-refractivity contribution in [3.05, 3.63) is 122 Å². The van der Waals surface area contributed by atoms with Gasteiger partial charge in [-0.05, 0) is 65.7 Å². The number of sulfonamides is 1. The minimum Gasteiger partial charge on any atom is -0.497 e. The maximum atomic E-state index is 14.5. The lowest BCUT2D eigenvalue weighted by atomic mass is 10.0. The van der Waals surface area contributed by atoms with Gasteiger partial charge in [-0.2, -0.15) is 10.4 Å². The number of amides is 1. The van der Waals surface area contributed by atoms with Gasteiger partial charge in [0, 0.05) is 19.5 Å². The summed E-state index contributed by atoms with van der Waals surface area (Å²) in [5, 5.41) is 26.6. The van der Waals surface area contributed by atoms with Crippen molar-refractivity contribution in [2.75, 3.05) is 17.7 Å². The molecule has 0 fully saturated rings. The van der Waals surface area contributed by atoms with E-state index in [1.54, 1.807) is 24.3 Å². The minimum absolute atomic E-state index is 0.0503. The normalized spacial score (nSPS) is 12.1. The molecule has 0 radical (unpaired) electrons. The number of methoxy groups -OCH3 is 1. The molecular formula is C35H28ClF2N7O6S. The standard InChI is InChI=1S/C35H28ClF2N7O6S/c1-43-31-29(11-10-26(36)30(31)33(42-43)44(52(3,49)50)18-19-4-7-24(51-2)8-5-19)45-32(40-27-14-20(17-39)6-9-25(27)34(45)46)28(41-35(47)48)15-21-12-22(37)16-23(38)13-21/h4-14,16,28,41H,15,18H2,1-3H3,(H,47,48). The summed E-state index contributed by atoms with van der Waals surface area (Å²) in [6.45, 7) is -0.145. The Bertz CT molecular complexity index is 2590. The van der Waals surface area contributed by atoms with Crippen molar-refractivity contribution < 1.29 is 31.8 Å². The Morgan fingerprint density at radius 2 is 1.77 bits per heavy atom. The summed E-state index contributed by atoms with van der Waals surface area (Å²) >= 11 is 6.76. The van der Waals surface area contributed by atoms with Crippen LogP contribution in [0.25, 0.3) is 27.5 Å². The van der Waals surface area contributed by atoms with E-state index < -0.39 is 39.4 Å². The molecule has 0 aliphatic heterocycles. The smallest absolute Gasteiger partial charge is 0.405 e. The lowest BCUT2D eigenvalue weighted by Gasteiger charge is -2.23. The number of rotatable bonds is 10. The number of aromatic nitrogens is 4. The first-order valence-corrected chi connectivity index (χ1v) is 17.6. The van der Waals surface area contributed by atoms with Crippen LogP contribution in [-0.2, 0) is 30.0 Å². The first kappa shape index (κ1) is 35.8. The molecule has 52 heavy (non-hydrogen) atoms. The molecule has 17 heteroatoms. The maximum absolute atomic E-state index is 14.5. The summed E-state index contributed by atoms with van der Waals surface area (Å²) in [6.07, 6.45) is -0.870. The SMILES string of the molecule is COc1ccc(CN(c2nn(C)c3c(-n4c(C(Cc5cc(F)cc(F)c5)NC(=O)O)nc5cc(C#N)ccc5c4=O)ccc(Cl)c23)S(C)(=O)=O)cc1. The zero-order chi connectivity index (χ0) is 37.5. The van der Waals surface area contributed by atoms with Crippen molar-refractivity contribution in [1.82, 2.24) is 24.6 Å².